The van der Waals surface area contributed by atoms with E-state index in [-0.39, 0.29) is 5.91 Å². The van der Waals surface area contributed by atoms with Crippen LogP contribution in [0.2, 0.25) is 0 Å². The smallest absolute Gasteiger partial charge is 0.253 e. The number of nitrogens with two attached hydrogens (primary N) is 1. The molecular formula is C28H42N6O2. The molecule has 36 heavy (non-hydrogen) atoms. The summed E-state index contributed by atoms with van der Waals surface area (Å²) in [4.78, 5) is 26.0. The highest BCUT2D eigenvalue weighted by molar-refractivity contribution is 5.94. The first-order valence-corrected chi connectivity index (χ1v) is 13.3. The molecular weight excluding hydrogens is 452 g/mol. The number of rotatable bonds is 15. The molecule has 0 radical (unpaired) electrons. The second-order valence-corrected chi connectivity index (χ2v) is 9.21. The maximum absolute atomic E-state index is 13.1. The van der Waals surface area contributed by atoms with E-state index >= 15 is 0 Å². The lowest BCUT2D eigenvalue weighted by Gasteiger charge is -2.28. The van der Waals surface area contributed by atoms with Gasteiger partial charge in [-0.3, -0.25) is 19.7 Å². The first-order chi connectivity index (χ1) is 17.7. The molecule has 1 amide bonds. The van der Waals surface area contributed by atoms with Crippen molar-refractivity contribution < 1.29 is 9.53 Å². The van der Waals surface area contributed by atoms with Crippen LogP contribution in [0.3, 0.4) is 0 Å². The molecule has 0 spiro atoms. The number of morpholine rings is 1. The van der Waals surface area contributed by atoms with E-state index in [0.29, 0.717) is 5.96 Å². The van der Waals surface area contributed by atoms with Gasteiger partial charge in [-0.25, -0.2) is 0 Å². The van der Waals surface area contributed by atoms with E-state index in [4.69, 9.17) is 10.5 Å². The molecule has 1 saturated heterocycles. The predicted octanol–water partition coefficient (Wildman–Crippen LogP) is 4.01. The SMILES string of the molecule is NC(=NCCCCCCCCN(CCCN1CCOCC1)C(=O)c1ccccc1)Nc1ccncc1. The number of carbonyl (C=O) groups is 1. The highest BCUT2D eigenvalue weighted by Gasteiger charge is 2.16. The monoisotopic (exact) mass is 494 g/mol. The number of anilines is 1. The molecule has 196 valence electrons. The molecule has 0 unspecified atom stereocenters. The molecule has 8 nitrogen and oxygen atoms in total. The second kappa shape index (κ2) is 16.7. The Kier molecular flexibility index (Phi) is 12.8. The maximum Gasteiger partial charge on any atom is 0.253 e. The van der Waals surface area contributed by atoms with E-state index in [0.717, 1.165) is 95.8 Å². The Hall–Kier alpha value is -2.97. The molecule has 1 aliphatic heterocycles. The van der Waals surface area contributed by atoms with E-state index in [1.807, 2.05) is 47.4 Å². The zero-order valence-electron chi connectivity index (χ0n) is 21.5. The van der Waals surface area contributed by atoms with Crippen molar-refractivity contribution in [2.45, 2.75) is 44.9 Å². The topological polar surface area (TPSA) is 96.1 Å². The lowest BCUT2D eigenvalue weighted by atomic mass is 10.1. The van der Waals surface area contributed by atoms with Gasteiger partial charge in [0, 0.05) is 62.9 Å². The van der Waals surface area contributed by atoms with Crippen LogP contribution in [0.15, 0.2) is 59.9 Å². The van der Waals surface area contributed by atoms with Gasteiger partial charge in [0.05, 0.1) is 13.2 Å². The molecule has 1 fully saturated rings. The van der Waals surface area contributed by atoms with E-state index < -0.39 is 0 Å². The van der Waals surface area contributed by atoms with Crippen LogP contribution in [-0.4, -0.2) is 79.1 Å². The number of guanidine groups is 1. The minimum absolute atomic E-state index is 0.147. The van der Waals surface area contributed by atoms with Gasteiger partial charge in [-0.2, -0.15) is 0 Å². The first kappa shape index (κ1) is 27.6. The summed E-state index contributed by atoms with van der Waals surface area (Å²) in [5.74, 6) is 0.589. The zero-order valence-corrected chi connectivity index (χ0v) is 21.5. The summed E-state index contributed by atoms with van der Waals surface area (Å²) in [5, 5.41) is 3.07. The number of amides is 1. The van der Waals surface area contributed by atoms with Gasteiger partial charge >= 0.3 is 0 Å². The normalized spacial score (nSPS) is 14.5. The Morgan fingerprint density at radius 2 is 1.61 bits per heavy atom. The van der Waals surface area contributed by atoms with Crippen LogP contribution in [0.1, 0.15) is 55.3 Å². The number of aliphatic imine (C=N–C) groups is 1. The molecule has 1 aliphatic rings. The third kappa shape index (κ3) is 10.7. The van der Waals surface area contributed by atoms with Crippen LogP contribution in [0.5, 0.6) is 0 Å². The lowest BCUT2D eigenvalue weighted by molar-refractivity contribution is 0.0357. The van der Waals surface area contributed by atoms with Crippen LogP contribution in [0.4, 0.5) is 5.69 Å². The second-order valence-electron chi connectivity index (χ2n) is 9.21. The average Bonchev–Trinajstić information content (AvgIpc) is 2.92. The van der Waals surface area contributed by atoms with Crippen molar-refractivity contribution >= 4 is 17.6 Å². The number of benzene rings is 1. The van der Waals surface area contributed by atoms with Crippen LogP contribution in [-0.2, 0) is 4.74 Å². The van der Waals surface area contributed by atoms with Gasteiger partial charge in [-0.05, 0) is 43.5 Å². The van der Waals surface area contributed by atoms with Crippen molar-refractivity contribution in [1.29, 1.82) is 0 Å². The van der Waals surface area contributed by atoms with Crippen LogP contribution < -0.4 is 11.1 Å². The Morgan fingerprint density at radius 3 is 2.36 bits per heavy atom. The molecule has 0 saturated carbocycles. The number of hydrogen-bond acceptors (Lipinski definition) is 5. The van der Waals surface area contributed by atoms with Crippen molar-refractivity contribution in [3.05, 3.63) is 60.4 Å². The molecule has 3 rings (SSSR count). The number of nitrogens with one attached hydrogen (secondary N) is 1. The fourth-order valence-electron chi connectivity index (χ4n) is 4.33. The van der Waals surface area contributed by atoms with Gasteiger partial charge in [-0.1, -0.05) is 43.9 Å². The number of pyridine rings is 1. The highest BCUT2D eigenvalue weighted by atomic mass is 16.5. The number of aromatic nitrogens is 1. The molecule has 2 aromatic rings. The summed E-state index contributed by atoms with van der Waals surface area (Å²) in [6, 6.07) is 13.4. The van der Waals surface area contributed by atoms with Crippen molar-refractivity contribution in [2.24, 2.45) is 10.7 Å². The standard InChI is InChI=1S/C28H42N6O2/c29-28(32-26-13-16-30-17-14-26)31-15-8-3-1-2-4-9-19-34(27(35)25-11-6-5-7-12-25)20-10-18-33-21-23-36-24-22-33/h5-7,11-14,16-17H,1-4,8-10,15,18-24H2,(H3,29,30,31,32). The van der Waals surface area contributed by atoms with Gasteiger partial charge < -0.3 is 20.7 Å². The summed E-state index contributed by atoms with van der Waals surface area (Å²) >= 11 is 0. The van der Waals surface area contributed by atoms with Crippen LogP contribution in [0.25, 0.3) is 0 Å². The molecule has 8 heteroatoms. The summed E-state index contributed by atoms with van der Waals surface area (Å²) in [6.45, 7) is 6.98. The van der Waals surface area contributed by atoms with Gasteiger partial charge in [0.25, 0.3) is 5.91 Å². The molecule has 0 bridgehead atoms. The molecule has 0 atom stereocenters. The quantitative estimate of drug-likeness (QED) is 0.221. The summed E-state index contributed by atoms with van der Waals surface area (Å²) in [7, 11) is 0. The number of unbranched alkanes of at least 4 members (excludes halogenated alkanes) is 5. The first-order valence-electron chi connectivity index (χ1n) is 13.3. The lowest BCUT2D eigenvalue weighted by Crippen LogP contribution is -2.39. The largest absolute Gasteiger partial charge is 0.379 e. The predicted molar refractivity (Wildman–Crippen MR) is 146 cm³/mol. The Bertz CT molecular complexity index is 887. The molecule has 0 aliphatic carbocycles. The number of hydrogen-bond donors (Lipinski definition) is 2. The third-order valence-corrected chi connectivity index (χ3v) is 6.39. The van der Waals surface area contributed by atoms with Crippen LogP contribution >= 0.6 is 0 Å². The Morgan fingerprint density at radius 1 is 0.944 bits per heavy atom. The molecule has 3 N–H and O–H groups in total. The van der Waals surface area contributed by atoms with Gasteiger partial charge in [0.15, 0.2) is 5.96 Å². The van der Waals surface area contributed by atoms with Crippen molar-refractivity contribution in [3.63, 3.8) is 0 Å². The van der Waals surface area contributed by atoms with Crippen LogP contribution in [0, 0.1) is 0 Å². The fraction of sp³-hybridized carbons (Fsp3) is 0.536. The van der Waals surface area contributed by atoms with Gasteiger partial charge in [-0.15, -0.1) is 0 Å². The third-order valence-electron chi connectivity index (χ3n) is 6.39. The van der Waals surface area contributed by atoms with Crippen molar-refractivity contribution in [2.75, 3.05) is 57.8 Å². The summed E-state index contributed by atoms with van der Waals surface area (Å²) in [6.07, 6.45) is 11.1. The summed E-state index contributed by atoms with van der Waals surface area (Å²) < 4.78 is 5.44. The number of nitrogens with zero attached hydrogens (tertiary/aromatic N) is 4. The van der Waals surface area contributed by atoms with E-state index in [1.54, 1.807) is 12.4 Å². The number of carbonyl (C=O) groups excluding carboxylic acids is 1. The van der Waals surface area contributed by atoms with Crippen molar-refractivity contribution in [1.82, 2.24) is 14.8 Å². The minimum atomic E-state index is 0.147. The van der Waals surface area contributed by atoms with E-state index in [2.05, 4.69) is 20.2 Å². The molecule has 1 aromatic carbocycles. The zero-order chi connectivity index (χ0) is 25.3. The Labute approximate surface area is 215 Å². The fourth-order valence-corrected chi connectivity index (χ4v) is 4.33. The Balaban J connectivity index is 1.30. The summed E-state index contributed by atoms with van der Waals surface area (Å²) in [5.41, 5.74) is 7.61. The average molecular weight is 495 g/mol. The van der Waals surface area contributed by atoms with E-state index in [1.165, 1.54) is 12.8 Å². The molecule has 2 heterocycles. The number of ether oxygens (including phenoxy) is 1. The van der Waals surface area contributed by atoms with E-state index in [9.17, 15) is 4.79 Å². The molecule has 1 aromatic heterocycles. The van der Waals surface area contributed by atoms with Gasteiger partial charge in [0.1, 0.15) is 0 Å². The highest BCUT2D eigenvalue weighted by Crippen LogP contribution is 2.11. The maximum atomic E-state index is 13.1. The minimum Gasteiger partial charge on any atom is -0.379 e. The van der Waals surface area contributed by atoms with Gasteiger partial charge in [0.2, 0.25) is 0 Å². The van der Waals surface area contributed by atoms with Crippen molar-refractivity contribution in [3.8, 4) is 0 Å².